The van der Waals surface area contributed by atoms with Gasteiger partial charge in [0.1, 0.15) is 5.82 Å². The Labute approximate surface area is 107 Å². The lowest BCUT2D eigenvalue weighted by Crippen LogP contribution is -2.21. The van der Waals surface area contributed by atoms with Gasteiger partial charge in [0.15, 0.2) is 0 Å². The molecule has 2 rings (SSSR count). The number of benzene rings is 1. The molecule has 0 saturated carbocycles. The van der Waals surface area contributed by atoms with Crippen LogP contribution in [0.3, 0.4) is 0 Å². The van der Waals surface area contributed by atoms with E-state index >= 15 is 0 Å². The molecule has 0 aliphatic heterocycles. The van der Waals surface area contributed by atoms with Gasteiger partial charge in [0, 0.05) is 19.0 Å². The molecule has 0 radical (unpaired) electrons. The third-order valence-corrected chi connectivity index (χ3v) is 2.80. The molecule has 1 aromatic heterocycles. The molecule has 0 atom stereocenters. The van der Waals surface area contributed by atoms with Crippen molar-refractivity contribution in [3.63, 3.8) is 0 Å². The second-order valence-electron chi connectivity index (χ2n) is 4.63. The standard InChI is InChI=1S/C15H18N2O/c1-11(2)9-17(3)15-14-7-5-4-6-12(14)8-13(10-18)16-15/h4-8,18H,1,9-10H2,2-3H3. The fraction of sp³-hybridized carbons (Fsp3) is 0.267. The van der Waals surface area contributed by atoms with Crippen molar-refractivity contribution in [3.05, 3.63) is 48.2 Å². The molecule has 3 heteroatoms. The van der Waals surface area contributed by atoms with Crippen molar-refractivity contribution < 1.29 is 5.11 Å². The second kappa shape index (κ2) is 5.19. The van der Waals surface area contributed by atoms with E-state index in [1.54, 1.807) is 0 Å². The van der Waals surface area contributed by atoms with E-state index in [0.29, 0.717) is 5.69 Å². The van der Waals surface area contributed by atoms with E-state index in [1.807, 2.05) is 44.3 Å². The second-order valence-corrected chi connectivity index (χ2v) is 4.63. The first kappa shape index (κ1) is 12.6. The Kier molecular flexibility index (Phi) is 3.63. The van der Waals surface area contributed by atoms with E-state index < -0.39 is 0 Å². The van der Waals surface area contributed by atoms with Crippen LogP contribution in [0, 0.1) is 0 Å². The Morgan fingerprint density at radius 3 is 2.78 bits per heavy atom. The van der Waals surface area contributed by atoms with E-state index in [2.05, 4.69) is 16.5 Å². The van der Waals surface area contributed by atoms with E-state index in [4.69, 9.17) is 0 Å². The predicted octanol–water partition coefficient (Wildman–Crippen LogP) is 2.74. The summed E-state index contributed by atoms with van der Waals surface area (Å²) < 4.78 is 0. The van der Waals surface area contributed by atoms with Crippen molar-refractivity contribution in [2.45, 2.75) is 13.5 Å². The smallest absolute Gasteiger partial charge is 0.136 e. The van der Waals surface area contributed by atoms with Gasteiger partial charge in [-0.05, 0) is 18.4 Å². The first-order valence-corrected chi connectivity index (χ1v) is 5.97. The van der Waals surface area contributed by atoms with Crippen molar-refractivity contribution in [2.24, 2.45) is 0 Å². The van der Waals surface area contributed by atoms with Crippen molar-refractivity contribution >= 4 is 16.6 Å². The molecule has 0 aliphatic rings. The van der Waals surface area contributed by atoms with Gasteiger partial charge in [-0.1, -0.05) is 36.4 Å². The van der Waals surface area contributed by atoms with Crippen molar-refractivity contribution in [1.29, 1.82) is 0 Å². The van der Waals surface area contributed by atoms with E-state index in [-0.39, 0.29) is 6.61 Å². The molecule has 0 aliphatic carbocycles. The number of anilines is 1. The number of pyridine rings is 1. The van der Waals surface area contributed by atoms with Crippen LogP contribution in [0.5, 0.6) is 0 Å². The molecule has 1 heterocycles. The summed E-state index contributed by atoms with van der Waals surface area (Å²) in [6, 6.07) is 10.0. The first-order chi connectivity index (χ1) is 8.61. The Hall–Kier alpha value is -1.87. The van der Waals surface area contributed by atoms with Crippen LogP contribution in [0.1, 0.15) is 12.6 Å². The van der Waals surface area contributed by atoms with Crippen LogP contribution in [0.4, 0.5) is 5.82 Å². The molecule has 0 amide bonds. The molecule has 0 unspecified atom stereocenters. The Morgan fingerprint density at radius 1 is 1.39 bits per heavy atom. The highest BCUT2D eigenvalue weighted by Crippen LogP contribution is 2.25. The highest BCUT2D eigenvalue weighted by Gasteiger charge is 2.09. The zero-order valence-corrected chi connectivity index (χ0v) is 10.8. The number of rotatable bonds is 4. The Balaban J connectivity index is 2.56. The molecular formula is C15H18N2O. The number of aliphatic hydroxyl groups is 1. The molecule has 0 spiro atoms. The minimum absolute atomic E-state index is 0.0429. The lowest BCUT2D eigenvalue weighted by molar-refractivity contribution is 0.277. The minimum Gasteiger partial charge on any atom is -0.390 e. The topological polar surface area (TPSA) is 36.4 Å². The van der Waals surface area contributed by atoms with Gasteiger partial charge in [-0.2, -0.15) is 0 Å². The van der Waals surface area contributed by atoms with E-state index in [9.17, 15) is 5.11 Å². The van der Waals surface area contributed by atoms with Gasteiger partial charge >= 0.3 is 0 Å². The fourth-order valence-electron chi connectivity index (χ4n) is 2.09. The van der Waals surface area contributed by atoms with Gasteiger partial charge in [0.2, 0.25) is 0 Å². The van der Waals surface area contributed by atoms with Gasteiger partial charge in [0.25, 0.3) is 0 Å². The quantitative estimate of drug-likeness (QED) is 0.837. The molecule has 18 heavy (non-hydrogen) atoms. The number of aromatic nitrogens is 1. The molecular weight excluding hydrogens is 224 g/mol. The number of hydrogen-bond donors (Lipinski definition) is 1. The number of likely N-dealkylation sites (N-methyl/N-ethyl adjacent to an activating group) is 1. The zero-order valence-electron chi connectivity index (χ0n) is 10.8. The molecule has 0 fully saturated rings. The molecule has 1 N–H and O–H groups in total. The van der Waals surface area contributed by atoms with Gasteiger partial charge in [-0.25, -0.2) is 4.98 Å². The van der Waals surface area contributed by atoms with Gasteiger partial charge in [-0.15, -0.1) is 0 Å². The average molecular weight is 242 g/mol. The lowest BCUT2D eigenvalue weighted by atomic mass is 10.1. The average Bonchev–Trinajstić information content (AvgIpc) is 2.36. The zero-order chi connectivity index (χ0) is 13.1. The molecule has 1 aromatic carbocycles. The summed E-state index contributed by atoms with van der Waals surface area (Å²) in [5.74, 6) is 0.889. The minimum atomic E-state index is -0.0429. The van der Waals surface area contributed by atoms with Crippen LogP contribution in [-0.2, 0) is 6.61 Å². The maximum Gasteiger partial charge on any atom is 0.136 e. The third-order valence-electron chi connectivity index (χ3n) is 2.80. The fourth-order valence-corrected chi connectivity index (χ4v) is 2.09. The summed E-state index contributed by atoms with van der Waals surface area (Å²) in [6.07, 6.45) is 0. The van der Waals surface area contributed by atoms with Crippen LogP contribution in [0.25, 0.3) is 10.8 Å². The molecule has 3 nitrogen and oxygen atoms in total. The normalized spacial score (nSPS) is 10.6. The first-order valence-electron chi connectivity index (χ1n) is 5.97. The van der Waals surface area contributed by atoms with Crippen molar-refractivity contribution in [1.82, 2.24) is 4.98 Å². The molecule has 2 aromatic rings. The van der Waals surface area contributed by atoms with Crippen LogP contribution in [-0.4, -0.2) is 23.7 Å². The summed E-state index contributed by atoms with van der Waals surface area (Å²) in [7, 11) is 1.99. The third kappa shape index (κ3) is 2.51. The van der Waals surface area contributed by atoms with Crippen molar-refractivity contribution in [2.75, 3.05) is 18.5 Å². The van der Waals surface area contributed by atoms with Crippen LogP contribution in [0.2, 0.25) is 0 Å². The van der Waals surface area contributed by atoms with Crippen LogP contribution < -0.4 is 4.90 Å². The van der Waals surface area contributed by atoms with Gasteiger partial charge < -0.3 is 10.0 Å². The van der Waals surface area contributed by atoms with E-state index in [0.717, 1.165) is 28.7 Å². The number of nitrogens with zero attached hydrogens (tertiary/aromatic N) is 2. The number of hydrogen-bond acceptors (Lipinski definition) is 3. The van der Waals surface area contributed by atoms with Crippen molar-refractivity contribution in [3.8, 4) is 0 Å². The largest absolute Gasteiger partial charge is 0.390 e. The molecule has 0 bridgehead atoms. The highest BCUT2D eigenvalue weighted by atomic mass is 16.3. The monoisotopic (exact) mass is 242 g/mol. The summed E-state index contributed by atoms with van der Waals surface area (Å²) in [4.78, 5) is 6.57. The van der Waals surface area contributed by atoms with Gasteiger partial charge in [0.05, 0.1) is 12.3 Å². The number of fused-ring (bicyclic) bond motifs is 1. The van der Waals surface area contributed by atoms with Gasteiger partial charge in [-0.3, -0.25) is 0 Å². The van der Waals surface area contributed by atoms with Crippen LogP contribution in [0.15, 0.2) is 42.5 Å². The highest BCUT2D eigenvalue weighted by molar-refractivity contribution is 5.92. The van der Waals surface area contributed by atoms with Crippen LogP contribution >= 0.6 is 0 Å². The maximum absolute atomic E-state index is 9.29. The summed E-state index contributed by atoms with van der Waals surface area (Å²) in [5.41, 5.74) is 1.77. The predicted molar refractivity (Wildman–Crippen MR) is 75.7 cm³/mol. The Bertz CT molecular complexity index is 578. The Morgan fingerprint density at radius 2 is 2.11 bits per heavy atom. The number of aliphatic hydroxyl groups excluding tert-OH is 1. The SMILES string of the molecule is C=C(C)CN(C)c1nc(CO)cc2ccccc12. The lowest BCUT2D eigenvalue weighted by Gasteiger charge is -2.20. The van der Waals surface area contributed by atoms with E-state index in [1.165, 1.54) is 0 Å². The molecule has 94 valence electrons. The summed E-state index contributed by atoms with van der Waals surface area (Å²) in [5, 5.41) is 11.5. The molecule has 0 saturated heterocycles. The summed E-state index contributed by atoms with van der Waals surface area (Å²) in [6.45, 7) is 6.63. The summed E-state index contributed by atoms with van der Waals surface area (Å²) >= 11 is 0. The maximum atomic E-state index is 9.29.